The number of nitrogens with zero attached hydrogens (tertiary/aromatic N) is 3. The van der Waals surface area contributed by atoms with Crippen LogP contribution in [0.15, 0.2) is 29.1 Å². The van der Waals surface area contributed by atoms with Gasteiger partial charge in [-0.1, -0.05) is 36.2 Å². The molecular formula is C25H29ClN4O2S. The molecule has 174 valence electrons. The molecule has 2 aliphatic rings. The summed E-state index contributed by atoms with van der Waals surface area (Å²) in [5.74, 6) is 0.706. The molecule has 5 rings (SSSR count). The third-order valence-electron chi connectivity index (χ3n) is 6.92. The molecule has 2 aromatic heterocycles. The van der Waals surface area contributed by atoms with Gasteiger partial charge in [0.25, 0.3) is 11.5 Å². The second-order valence-corrected chi connectivity index (χ2v) is 10.4. The third-order valence-corrected chi connectivity index (χ3v) is 8.45. The normalized spacial score (nSPS) is 17.6. The highest BCUT2D eigenvalue weighted by molar-refractivity contribution is 7.20. The first-order valence-corrected chi connectivity index (χ1v) is 13.0. The summed E-state index contributed by atoms with van der Waals surface area (Å²) < 4.78 is 1.82. The Morgan fingerprint density at radius 3 is 2.70 bits per heavy atom. The summed E-state index contributed by atoms with van der Waals surface area (Å²) >= 11 is 7.85. The number of fused-ring (bicyclic) bond motifs is 2. The van der Waals surface area contributed by atoms with Crippen molar-refractivity contribution in [1.82, 2.24) is 19.8 Å². The van der Waals surface area contributed by atoms with Crippen molar-refractivity contribution < 1.29 is 4.79 Å². The van der Waals surface area contributed by atoms with Gasteiger partial charge in [-0.25, -0.2) is 4.98 Å². The van der Waals surface area contributed by atoms with E-state index in [1.807, 2.05) is 35.8 Å². The molecule has 8 heteroatoms. The van der Waals surface area contributed by atoms with E-state index >= 15 is 0 Å². The molecule has 33 heavy (non-hydrogen) atoms. The third kappa shape index (κ3) is 4.34. The summed E-state index contributed by atoms with van der Waals surface area (Å²) in [6.45, 7) is 5.05. The Bertz CT molecular complexity index is 1250. The van der Waals surface area contributed by atoms with Gasteiger partial charge in [0.05, 0.1) is 16.3 Å². The monoisotopic (exact) mass is 484 g/mol. The molecule has 4 heterocycles. The molecule has 2 aliphatic heterocycles. The van der Waals surface area contributed by atoms with Gasteiger partial charge in [-0.05, 0) is 62.9 Å². The Morgan fingerprint density at radius 1 is 1.15 bits per heavy atom. The number of amides is 1. The van der Waals surface area contributed by atoms with Gasteiger partial charge in [0.1, 0.15) is 10.7 Å². The summed E-state index contributed by atoms with van der Waals surface area (Å²) in [4.78, 5) is 34.9. The van der Waals surface area contributed by atoms with Crippen LogP contribution in [0.1, 0.15) is 64.8 Å². The summed E-state index contributed by atoms with van der Waals surface area (Å²) in [7, 11) is 0. The van der Waals surface area contributed by atoms with Crippen LogP contribution in [0.5, 0.6) is 0 Å². The van der Waals surface area contributed by atoms with Crippen molar-refractivity contribution in [3.8, 4) is 0 Å². The lowest BCUT2D eigenvalue weighted by atomic mass is 10.1. The number of carbonyl (C=O) groups is 1. The Kier molecular flexibility index (Phi) is 6.54. The van der Waals surface area contributed by atoms with E-state index in [0.717, 1.165) is 73.6 Å². The van der Waals surface area contributed by atoms with Gasteiger partial charge >= 0.3 is 0 Å². The Balaban J connectivity index is 1.42. The van der Waals surface area contributed by atoms with Crippen molar-refractivity contribution in [3.63, 3.8) is 0 Å². The number of carbonyl (C=O) groups excluding carboxylic acids is 1. The average molecular weight is 485 g/mol. The molecule has 3 aromatic rings. The first kappa shape index (κ1) is 22.6. The number of aryl methyl sites for hydroxylation is 2. The van der Waals surface area contributed by atoms with Gasteiger partial charge < -0.3 is 5.32 Å². The predicted octanol–water partition coefficient (Wildman–Crippen LogP) is 4.71. The number of rotatable bonds is 5. The molecule has 1 atom stereocenters. The summed E-state index contributed by atoms with van der Waals surface area (Å²) in [5, 5.41) is 4.45. The maximum atomic E-state index is 13.3. The molecule has 1 saturated heterocycles. The SMILES string of the molecule is Cc1c(C(=O)NCC(c2ccccc2Cl)N2CCCC2)sc2nc3n(c(=O)c12)CCCCC3. The predicted molar refractivity (Wildman–Crippen MR) is 134 cm³/mol. The lowest BCUT2D eigenvalue weighted by Gasteiger charge is -2.28. The van der Waals surface area contributed by atoms with Crippen LogP contribution in [0.3, 0.4) is 0 Å². The maximum Gasteiger partial charge on any atom is 0.262 e. The van der Waals surface area contributed by atoms with E-state index in [1.165, 1.54) is 11.3 Å². The average Bonchev–Trinajstić information content (AvgIpc) is 3.37. The zero-order valence-electron chi connectivity index (χ0n) is 18.9. The van der Waals surface area contributed by atoms with Gasteiger partial charge in [-0.2, -0.15) is 0 Å². The lowest BCUT2D eigenvalue weighted by Crippen LogP contribution is -2.37. The smallest absolute Gasteiger partial charge is 0.262 e. The van der Waals surface area contributed by atoms with Crippen LogP contribution in [-0.4, -0.2) is 40.0 Å². The van der Waals surface area contributed by atoms with Crippen LogP contribution in [0.25, 0.3) is 10.2 Å². The molecule has 1 aromatic carbocycles. The first-order valence-electron chi connectivity index (χ1n) is 11.8. The Hall–Kier alpha value is -2.22. The molecule has 0 aliphatic carbocycles. The van der Waals surface area contributed by atoms with Crippen LogP contribution < -0.4 is 10.9 Å². The molecule has 1 unspecified atom stereocenters. The molecule has 0 saturated carbocycles. The van der Waals surface area contributed by atoms with Crippen molar-refractivity contribution in [2.24, 2.45) is 0 Å². The number of hydrogen-bond donors (Lipinski definition) is 1. The summed E-state index contributed by atoms with van der Waals surface area (Å²) in [6.07, 6.45) is 6.30. The maximum absolute atomic E-state index is 13.3. The molecular weight excluding hydrogens is 456 g/mol. The van der Waals surface area contributed by atoms with Crippen LogP contribution in [-0.2, 0) is 13.0 Å². The number of likely N-dealkylation sites (tertiary alicyclic amines) is 1. The fourth-order valence-electron chi connectivity index (χ4n) is 5.13. The molecule has 1 N–H and O–H groups in total. The minimum Gasteiger partial charge on any atom is -0.349 e. The lowest BCUT2D eigenvalue weighted by molar-refractivity contribution is 0.0941. The fourth-order valence-corrected chi connectivity index (χ4v) is 6.50. The van der Waals surface area contributed by atoms with Crippen molar-refractivity contribution in [1.29, 1.82) is 0 Å². The highest BCUT2D eigenvalue weighted by atomic mass is 35.5. The van der Waals surface area contributed by atoms with Gasteiger partial charge in [-0.3, -0.25) is 19.1 Å². The van der Waals surface area contributed by atoms with Crippen molar-refractivity contribution in [2.75, 3.05) is 19.6 Å². The van der Waals surface area contributed by atoms with Gasteiger partial charge in [0, 0.05) is 24.5 Å². The van der Waals surface area contributed by atoms with E-state index in [0.29, 0.717) is 28.2 Å². The van der Waals surface area contributed by atoms with Crippen LogP contribution in [0.2, 0.25) is 5.02 Å². The van der Waals surface area contributed by atoms with Crippen molar-refractivity contribution in [3.05, 3.63) is 61.5 Å². The number of aromatic nitrogens is 2. The van der Waals surface area contributed by atoms with E-state index in [2.05, 4.69) is 10.2 Å². The minimum atomic E-state index is -0.147. The van der Waals surface area contributed by atoms with Crippen LogP contribution in [0, 0.1) is 6.92 Å². The van der Waals surface area contributed by atoms with Gasteiger partial charge in [0.2, 0.25) is 0 Å². The van der Waals surface area contributed by atoms with Crippen LogP contribution >= 0.6 is 22.9 Å². The molecule has 1 amide bonds. The number of halogens is 1. The topological polar surface area (TPSA) is 67.2 Å². The van der Waals surface area contributed by atoms with Crippen molar-refractivity contribution in [2.45, 2.75) is 58.0 Å². The zero-order valence-corrected chi connectivity index (χ0v) is 20.5. The van der Waals surface area contributed by atoms with E-state index in [-0.39, 0.29) is 17.5 Å². The number of nitrogens with one attached hydrogen (secondary N) is 1. The largest absolute Gasteiger partial charge is 0.349 e. The first-order chi connectivity index (χ1) is 16.0. The van der Waals surface area contributed by atoms with Gasteiger partial charge in [0.15, 0.2) is 0 Å². The second kappa shape index (κ2) is 9.57. The van der Waals surface area contributed by atoms with Crippen LogP contribution in [0.4, 0.5) is 0 Å². The summed E-state index contributed by atoms with van der Waals surface area (Å²) in [5.41, 5.74) is 1.77. The number of thiophene rings is 1. The van der Waals surface area contributed by atoms with Gasteiger partial charge in [-0.15, -0.1) is 11.3 Å². The highest BCUT2D eigenvalue weighted by Crippen LogP contribution is 2.31. The quantitative estimate of drug-likeness (QED) is 0.569. The molecule has 0 bridgehead atoms. The van der Waals surface area contributed by atoms with E-state index < -0.39 is 0 Å². The number of benzene rings is 1. The number of hydrogen-bond acceptors (Lipinski definition) is 5. The zero-order chi connectivity index (χ0) is 22.9. The highest BCUT2D eigenvalue weighted by Gasteiger charge is 2.27. The molecule has 0 radical (unpaired) electrons. The minimum absolute atomic E-state index is 0.00397. The standard InChI is InChI=1S/C25H29ClN4O2S/c1-16-21-24(28-20-11-3-2-6-14-30(20)25(21)32)33-22(16)23(31)27-15-19(29-12-7-8-13-29)17-9-4-5-10-18(17)26/h4-5,9-10,19H,2-3,6-8,11-15H2,1H3,(H,27,31). The molecule has 1 fully saturated rings. The Labute approximate surface area is 202 Å². The second-order valence-electron chi connectivity index (χ2n) is 9.02. The van der Waals surface area contributed by atoms with E-state index in [1.54, 1.807) is 0 Å². The molecule has 6 nitrogen and oxygen atoms in total. The molecule has 0 spiro atoms. The van der Waals surface area contributed by atoms with E-state index in [9.17, 15) is 9.59 Å². The van der Waals surface area contributed by atoms with Crippen molar-refractivity contribution >= 4 is 39.1 Å². The fraction of sp³-hybridized carbons (Fsp3) is 0.480. The summed E-state index contributed by atoms with van der Waals surface area (Å²) in [6, 6.07) is 7.89. The Morgan fingerprint density at radius 2 is 1.91 bits per heavy atom. The van der Waals surface area contributed by atoms with E-state index in [4.69, 9.17) is 16.6 Å².